The van der Waals surface area contributed by atoms with E-state index < -0.39 is 5.60 Å². The Bertz CT molecular complexity index is 538. The van der Waals surface area contributed by atoms with Gasteiger partial charge in [-0.3, -0.25) is 4.68 Å². The average molecular weight is 478 g/mol. The van der Waals surface area contributed by atoms with E-state index in [1.807, 2.05) is 20.2 Å². The number of guanidine groups is 1. The predicted molar refractivity (Wildman–Crippen MR) is 117 cm³/mol. The summed E-state index contributed by atoms with van der Waals surface area (Å²) < 4.78 is 1.69. The standard InChI is InChI=1S/C18H34N6O.HI/c1-4-19-17(20-9-12-24-10-7-5-6-8-11-24)21-15-18(2,25)16-13-22-23(3)14-16;/h13-14,25H,4-12,15H2,1-3H3,(H2,19,20,21);1H. The zero-order valence-electron chi connectivity index (χ0n) is 16.4. The Labute approximate surface area is 174 Å². The Hall–Kier alpha value is -0.870. The quantitative estimate of drug-likeness (QED) is 0.316. The first-order chi connectivity index (χ1) is 12.0. The Morgan fingerprint density at radius 3 is 2.54 bits per heavy atom. The van der Waals surface area contributed by atoms with Crippen molar-refractivity contribution in [1.29, 1.82) is 0 Å². The van der Waals surface area contributed by atoms with E-state index in [2.05, 4.69) is 25.6 Å². The van der Waals surface area contributed by atoms with Gasteiger partial charge in [0.15, 0.2) is 5.96 Å². The minimum Gasteiger partial charge on any atom is -0.383 e. The summed E-state index contributed by atoms with van der Waals surface area (Å²) in [5.41, 5.74) is -0.249. The van der Waals surface area contributed by atoms with E-state index in [0.29, 0.717) is 0 Å². The van der Waals surface area contributed by atoms with Gasteiger partial charge in [-0.1, -0.05) is 12.8 Å². The van der Waals surface area contributed by atoms with E-state index in [0.717, 1.165) is 31.2 Å². The number of aliphatic imine (C=N–C) groups is 1. The van der Waals surface area contributed by atoms with Crippen LogP contribution in [0.15, 0.2) is 17.4 Å². The molecule has 1 aliphatic rings. The second-order valence-corrected chi connectivity index (χ2v) is 7.05. The number of nitrogens with zero attached hydrogens (tertiary/aromatic N) is 4. The Balaban J connectivity index is 0.00000338. The van der Waals surface area contributed by atoms with Crippen molar-refractivity contribution in [3.05, 3.63) is 18.0 Å². The van der Waals surface area contributed by atoms with Gasteiger partial charge in [-0.05, 0) is 39.8 Å². The molecule has 0 aliphatic carbocycles. The monoisotopic (exact) mass is 478 g/mol. The maximum Gasteiger partial charge on any atom is 0.191 e. The van der Waals surface area contributed by atoms with Crippen LogP contribution in [0.25, 0.3) is 0 Å². The minimum absolute atomic E-state index is 0. The van der Waals surface area contributed by atoms with Crippen LogP contribution in [0, 0.1) is 0 Å². The van der Waals surface area contributed by atoms with Gasteiger partial charge in [0, 0.05) is 38.4 Å². The number of aliphatic hydroxyl groups is 1. The van der Waals surface area contributed by atoms with Gasteiger partial charge in [-0.25, -0.2) is 4.99 Å². The van der Waals surface area contributed by atoms with E-state index >= 15 is 0 Å². The fourth-order valence-corrected chi connectivity index (χ4v) is 3.06. The average Bonchev–Trinajstić information content (AvgIpc) is 2.86. The zero-order chi connectivity index (χ0) is 18.1. The Morgan fingerprint density at radius 2 is 1.96 bits per heavy atom. The molecule has 0 spiro atoms. The van der Waals surface area contributed by atoms with Gasteiger partial charge in [0.05, 0.1) is 12.7 Å². The van der Waals surface area contributed by atoms with Gasteiger partial charge in [-0.15, -0.1) is 24.0 Å². The predicted octanol–water partition coefficient (Wildman–Crippen LogP) is 1.68. The summed E-state index contributed by atoms with van der Waals surface area (Å²) in [5, 5.41) is 21.4. The van der Waals surface area contributed by atoms with E-state index in [9.17, 15) is 5.11 Å². The normalized spacial score (nSPS) is 18.5. The third-order valence-corrected chi connectivity index (χ3v) is 4.64. The van der Waals surface area contributed by atoms with Gasteiger partial charge in [0.25, 0.3) is 0 Å². The molecule has 0 bridgehead atoms. The van der Waals surface area contributed by atoms with Crippen LogP contribution >= 0.6 is 24.0 Å². The summed E-state index contributed by atoms with van der Waals surface area (Å²) in [5.74, 6) is 0.751. The van der Waals surface area contributed by atoms with Crippen LogP contribution in [0.4, 0.5) is 0 Å². The van der Waals surface area contributed by atoms with Gasteiger partial charge < -0.3 is 20.6 Å². The third kappa shape index (κ3) is 7.79. The van der Waals surface area contributed by atoms with Crippen molar-refractivity contribution in [2.45, 2.75) is 45.1 Å². The third-order valence-electron chi connectivity index (χ3n) is 4.64. The second kappa shape index (κ2) is 11.8. The van der Waals surface area contributed by atoms with Crippen LogP contribution in [0.1, 0.15) is 45.1 Å². The maximum atomic E-state index is 10.7. The number of likely N-dealkylation sites (tertiary alicyclic amines) is 1. The highest BCUT2D eigenvalue weighted by molar-refractivity contribution is 14.0. The molecule has 2 rings (SSSR count). The molecular weight excluding hydrogens is 443 g/mol. The largest absolute Gasteiger partial charge is 0.383 e. The summed E-state index contributed by atoms with van der Waals surface area (Å²) in [6.45, 7) is 9.20. The lowest BCUT2D eigenvalue weighted by Gasteiger charge is -2.22. The topological polar surface area (TPSA) is 77.7 Å². The van der Waals surface area contributed by atoms with E-state index in [4.69, 9.17) is 0 Å². The first-order valence-electron chi connectivity index (χ1n) is 9.47. The van der Waals surface area contributed by atoms with Crippen LogP contribution in [0.3, 0.4) is 0 Å². The lowest BCUT2D eigenvalue weighted by atomic mass is 10.0. The van der Waals surface area contributed by atoms with E-state index in [-0.39, 0.29) is 30.5 Å². The van der Waals surface area contributed by atoms with Crippen LogP contribution in [0.2, 0.25) is 0 Å². The van der Waals surface area contributed by atoms with Gasteiger partial charge in [0.1, 0.15) is 5.60 Å². The lowest BCUT2D eigenvalue weighted by Crippen LogP contribution is -2.42. The molecule has 26 heavy (non-hydrogen) atoms. The zero-order valence-corrected chi connectivity index (χ0v) is 18.7. The summed E-state index contributed by atoms with van der Waals surface area (Å²) in [4.78, 5) is 7.08. The molecule has 8 heteroatoms. The van der Waals surface area contributed by atoms with Gasteiger partial charge in [-0.2, -0.15) is 5.10 Å². The number of nitrogens with one attached hydrogen (secondary N) is 2. The number of rotatable bonds is 7. The molecule has 150 valence electrons. The molecule has 0 radical (unpaired) electrons. The molecule has 1 saturated heterocycles. The molecule has 7 nitrogen and oxygen atoms in total. The summed E-state index contributed by atoms with van der Waals surface area (Å²) in [7, 11) is 1.84. The van der Waals surface area contributed by atoms with Crippen molar-refractivity contribution in [3.63, 3.8) is 0 Å². The molecule has 1 aromatic rings. The molecular formula is C18H35IN6O. The number of aromatic nitrogens is 2. The van der Waals surface area contributed by atoms with E-state index in [1.165, 1.54) is 38.8 Å². The number of aryl methyl sites for hydroxylation is 1. The van der Waals surface area contributed by atoms with Crippen LogP contribution in [-0.2, 0) is 12.6 Å². The molecule has 1 aromatic heterocycles. The fraction of sp³-hybridized carbons (Fsp3) is 0.778. The van der Waals surface area contributed by atoms with Crippen LogP contribution in [0.5, 0.6) is 0 Å². The first kappa shape index (κ1) is 23.2. The van der Waals surface area contributed by atoms with Crippen LogP contribution in [-0.4, -0.2) is 65.0 Å². The second-order valence-electron chi connectivity index (χ2n) is 7.05. The molecule has 1 fully saturated rings. The molecule has 0 saturated carbocycles. The minimum atomic E-state index is -1.03. The highest BCUT2D eigenvalue weighted by Crippen LogP contribution is 2.19. The summed E-state index contributed by atoms with van der Waals surface area (Å²) in [6, 6.07) is 0. The van der Waals surface area contributed by atoms with Crippen molar-refractivity contribution in [3.8, 4) is 0 Å². The smallest absolute Gasteiger partial charge is 0.191 e. The molecule has 1 aliphatic heterocycles. The van der Waals surface area contributed by atoms with Gasteiger partial charge in [0.2, 0.25) is 0 Å². The Morgan fingerprint density at radius 1 is 1.27 bits per heavy atom. The molecule has 1 atom stereocenters. The number of halogens is 1. The van der Waals surface area contributed by atoms with Crippen molar-refractivity contribution in [1.82, 2.24) is 25.3 Å². The summed E-state index contributed by atoms with van der Waals surface area (Å²) >= 11 is 0. The molecule has 2 heterocycles. The van der Waals surface area contributed by atoms with Gasteiger partial charge >= 0.3 is 0 Å². The van der Waals surface area contributed by atoms with Crippen molar-refractivity contribution in [2.75, 3.05) is 39.3 Å². The number of hydrogen-bond donors (Lipinski definition) is 3. The highest BCUT2D eigenvalue weighted by atomic mass is 127. The van der Waals surface area contributed by atoms with E-state index in [1.54, 1.807) is 17.8 Å². The number of hydrogen-bond acceptors (Lipinski definition) is 4. The SMILES string of the molecule is CCNC(=NCC(C)(O)c1cnn(C)c1)NCCN1CCCCCC1.I. The summed E-state index contributed by atoms with van der Waals surface area (Å²) in [6.07, 6.45) is 8.85. The van der Waals surface area contributed by atoms with Crippen molar-refractivity contribution < 1.29 is 5.11 Å². The lowest BCUT2D eigenvalue weighted by molar-refractivity contribution is 0.0672. The van der Waals surface area contributed by atoms with Crippen molar-refractivity contribution in [2.24, 2.45) is 12.0 Å². The van der Waals surface area contributed by atoms with Crippen LogP contribution < -0.4 is 10.6 Å². The maximum absolute atomic E-state index is 10.7. The molecule has 3 N–H and O–H groups in total. The molecule has 0 aromatic carbocycles. The van der Waals surface area contributed by atoms with Crippen molar-refractivity contribution >= 4 is 29.9 Å². The fourth-order valence-electron chi connectivity index (χ4n) is 3.06. The highest BCUT2D eigenvalue weighted by Gasteiger charge is 2.24. The Kier molecular flexibility index (Phi) is 10.5. The molecule has 0 amide bonds. The molecule has 1 unspecified atom stereocenters. The first-order valence-corrected chi connectivity index (χ1v) is 9.47.